The molecule has 21 heavy (non-hydrogen) atoms. The Bertz CT molecular complexity index is 368. The molecule has 0 aliphatic heterocycles. The lowest BCUT2D eigenvalue weighted by Crippen LogP contribution is -2.38. The highest BCUT2D eigenvalue weighted by atomic mass is 16.8. The molecule has 1 saturated carbocycles. The van der Waals surface area contributed by atoms with E-state index in [0.717, 1.165) is 6.42 Å². The molecule has 120 valence electrons. The van der Waals surface area contributed by atoms with Gasteiger partial charge in [0.25, 0.3) is 0 Å². The molecule has 0 saturated heterocycles. The van der Waals surface area contributed by atoms with E-state index >= 15 is 0 Å². The molecule has 0 heterocycles. The lowest BCUT2D eigenvalue weighted by Gasteiger charge is -2.31. The van der Waals surface area contributed by atoms with Crippen LogP contribution in [0.15, 0.2) is 12.7 Å². The van der Waals surface area contributed by atoms with Crippen LogP contribution in [-0.4, -0.2) is 49.4 Å². The van der Waals surface area contributed by atoms with E-state index in [1.165, 1.54) is 7.11 Å². The van der Waals surface area contributed by atoms with Crippen molar-refractivity contribution >= 4 is 12.3 Å². The van der Waals surface area contributed by atoms with E-state index in [9.17, 15) is 14.7 Å². The summed E-state index contributed by atoms with van der Waals surface area (Å²) in [6, 6.07) is 0. The van der Waals surface area contributed by atoms with Gasteiger partial charge in [-0.1, -0.05) is 6.08 Å². The number of aliphatic hydroxyl groups is 1. The van der Waals surface area contributed by atoms with Gasteiger partial charge in [-0.25, -0.2) is 9.59 Å². The van der Waals surface area contributed by atoms with Gasteiger partial charge in [0.15, 0.2) is 0 Å². The Balaban J connectivity index is 2.34. The fourth-order valence-corrected chi connectivity index (χ4v) is 2.08. The average Bonchev–Trinajstić information content (AvgIpc) is 2.46. The molecule has 1 aliphatic carbocycles. The molecule has 0 aromatic carbocycles. The highest BCUT2D eigenvalue weighted by molar-refractivity contribution is 5.61. The molecule has 1 fully saturated rings. The molecule has 7 nitrogen and oxygen atoms in total. The zero-order valence-electron chi connectivity index (χ0n) is 12.3. The first-order chi connectivity index (χ1) is 9.96. The first-order valence-electron chi connectivity index (χ1n) is 6.84. The molecule has 0 aromatic heterocycles. The summed E-state index contributed by atoms with van der Waals surface area (Å²) in [5.41, 5.74) is 0. The van der Waals surface area contributed by atoms with E-state index in [2.05, 4.69) is 16.1 Å². The van der Waals surface area contributed by atoms with Crippen LogP contribution in [0.3, 0.4) is 0 Å². The van der Waals surface area contributed by atoms with E-state index in [0.29, 0.717) is 12.8 Å². The van der Waals surface area contributed by atoms with E-state index in [1.807, 2.05) is 0 Å². The molecule has 0 bridgehead atoms. The third-order valence-corrected chi connectivity index (χ3v) is 3.28. The number of hydrogen-bond acceptors (Lipinski definition) is 7. The lowest BCUT2D eigenvalue weighted by atomic mass is 9.85. The number of methoxy groups -OCH3 is 1. The maximum absolute atomic E-state index is 11.6. The van der Waals surface area contributed by atoms with Crippen molar-refractivity contribution in [2.24, 2.45) is 5.92 Å². The first-order valence-corrected chi connectivity index (χ1v) is 6.84. The van der Waals surface area contributed by atoms with Crippen LogP contribution in [0, 0.1) is 5.92 Å². The zero-order chi connectivity index (χ0) is 15.8. The normalized spacial score (nSPS) is 26.3. The van der Waals surface area contributed by atoms with Crippen LogP contribution >= 0.6 is 0 Å². The van der Waals surface area contributed by atoms with Crippen molar-refractivity contribution in [2.45, 2.75) is 44.5 Å². The molecule has 0 radical (unpaired) electrons. The van der Waals surface area contributed by atoms with Crippen LogP contribution in [0.4, 0.5) is 9.59 Å². The minimum Gasteiger partial charge on any atom is -0.438 e. The van der Waals surface area contributed by atoms with Gasteiger partial charge >= 0.3 is 12.3 Å². The molecular weight excluding hydrogens is 280 g/mol. The van der Waals surface area contributed by atoms with Gasteiger partial charge in [-0.3, -0.25) is 0 Å². The molecule has 7 heteroatoms. The largest absolute Gasteiger partial charge is 0.509 e. The van der Waals surface area contributed by atoms with Gasteiger partial charge in [-0.05, 0) is 32.1 Å². The van der Waals surface area contributed by atoms with E-state index < -0.39 is 30.6 Å². The molecular formula is C14H22O7. The van der Waals surface area contributed by atoms with Crippen molar-refractivity contribution in [1.82, 2.24) is 0 Å². The van der Waals surface area contributed by atoms with E-state index in [-0.39, 0.29) is 12.5 Å². The van der Waals surface area contributed by atoms with Crippen molar-refractivity contribution in [3.05, 3.63) is 12.7 Å². The zero-order valence-corrected chi connectivity index (χ0v) is 12.3. The van der Waals surface area contributed by atoms with Gasteiger partial charge < -0.3 is 24.1 Å². The number of hydrogen-bond donors (Lipinski definition) is 1. The van der Waals surface area contributed by atoms with Crippen molar-refractivity contribution < 1.29 is 33.6 Å². The molecule has 1 aliphatic rings. The summed E-state index contributed by atoms with van der Waals surface area (Å²) in [6.45, 7) is 5.12. The number of ether oxygens (including phenoxy) is 4. The number of rotatable bonds is 5. The highest BCUT2D eigenvalue weighted by Crippen LogP contribution is 2.27. The Morgan fingerprint density at radius 2 is 2.10 bits per heavy atom. The van der Waals surface area contributed by atoms with Gasteiger partial charge in [0.05, 0.1) is 13.2 Å². The van der Waals surface area contributed by atoms with Gasteiger partial charge in [0.1, 0.15) is 18.8 Å². The fraction of sp³-hybridized carbons (Fsp3) is 0.714. The Kier molecular flexibility index (Phi) is 7.01. The summed E-state index contributed by atoms with van der Waals surface area (Å²) >= 11 is 0. The van der Waals surface area contributed by atoms with Crippen LogP contribution in [0.1, 0.15) is 26.2 Å². The molecule has 4 atom stereocenters. The molecule has 0 aromatic rings. The predicted octanol–water partition coefficient (Wildman–Crippen LogP) is 2.03. The minimum absolute atomic E-state index is 0.135. The second-order valence-corrected chi connectivity index (χ2v) is 4.98. The predicted molar refractivity (Wildman–Crippen MR) is 72.7 cm³/mol. The quantitative estimate of drug-likeness (QED) is 0.613. The third-order valence-electron chi connectivity index (χ3n) is 3.28. The van der Waals surface area contributed by atoms with Crippen LogP contribution in [0.5, 0.6) is 0 Å². The third kappa shape index (κ3) is 6.03. The summed E-state index contributed by atoms with van der Waals surface area (Å²) in [4.78, 5) is 22.4. The van der Waals surface area contributed by atoms with Gasteiger partial charge in [0.2, 0.25) is 0 Å². The summed E-state index contributed by atoms with van der Waals surface area (Å²) in [6.07, 6.45) is -0.0443. The Morgan fingerprint density at radius 1 is 1.38 bits per heavy atom. The van der Waals surface area contributed by atoms with Crippen molar-refractivity contribution in [3.63, 3.8) is 0 Å². The van der Waals surface area contributed by atoms with Crippen LogP contribution < -0.4 is 0 Å². The SMILES string of the molecule is C=CC1CCC(O)C(OC(=O)OC(C)COC(=O)OC)C1. The Hall–Kier alpha value is -1.76. The number of aliphatic hydroxyl groups excluding tert-OH is 1. The van der Waals surface area contributed by atoms with Crippen molar-refractivity contribution in [2.75, 3.05) is 13.7 Å². The van der Waals surface area contributed by atoms with Gasteiger partial charge in [0, 0.05) is 0 Å². The Morgan fingerprint density at radius 3 is 2.71 bits per heavy atom. The van der Waals surface area contributed by atoms with Gasteiger partial charge in [-0.2, -0.15) is 0 Å². The topological polar surface area (TPSA) is 91.3 Å². The maximum Gasteiger partial charge on any atom is 0.509 e. The van der Waals surface area contributed by atoms with Crippen molar-refractivity contribution in [3.8, 4) is 0 Å². The summed E-state index contributed by atoms with van der Waals surface area (Å²) in [7, 11) is 1.18. The van der Waals surface area contributed by atoms with Crippen LogP contribution in [-0.2, 0) is 18.9 Å². The van der Waals surface area contributed by atoms with Crippen LogP contribution in [0.2, 0.25) is 0 Å². The monoisotopic (exact) mass is 302 g/mol. The second kappa shape index (κ2) is 8.51. The standard InChI is InChI=1S/C14H22O7/c1-4-10-5-6-11(15)12(7-10)21-14(17)20-9(2)8-19-13(16)18-3/h4,9-12,15H,1,5-8H2,2-3H3. The number of carbonyl (C=O) groups excluding carboxylic acids is 2. The average molecular weight is 302 g/mol. The summed E-state index contributed by atoms with van der Waals surface area (Å²) in [5, 5.41) is 9.82. The van der Waals surface area contributed by atoms with Crippen molar-refractivity contribution in [1.29, 1.82) is 0 Å². The molecule has 0 amide bonds. The Labute approximate surface area is 123 Å². The molecule has 1 rings (SSSR count). The number of allylic oxidation sites excluding steroid dienone is 1. The van der Waals surface area contributed by atoms with Crippen LogP contribution in [0.25, 0.3) is 0 Å². The molecule has 4 unspecified atom stereocenters. The highest BCUT2D eigenvalue weighted by Gasteiger charge is 2.31. The minimum atomic E-state index is -0.898. The summed E-state index contributed by atoms with van der Waals surface area (Å²) < 4.78 is 19.0. The molecule has 1 N–H and O–H groups in total. The first kappa shape index (κ1) is 17.3. The second-order valence-electron chi connectivity index (χ2n) is 4.98. The lowest BCUT2D eigenvalue weighted by molar-refractivity contribution is -0.0700. The smallest absolute Gasteiger partial charge is 0.438 e. The maximum atomic E-state index is 11.6. The summed E-state index contributed by atoms with van der Waals surface area (Å²) in [5.74, 6) is 0.214. The van der Waals surface area contributed by atoms with Gasteiger partial charge in [-0.15, -0.1) is 6.58 Å². The molecule has 0 spiro atoms. The number of carbonyl (C=O) groups is 2. The van der Waals surface area contributed by atoms with E-state index in [4.69, 9.17) is 9.47 Å². The van der Waals surface area contributed by atoms with E-state index in [1.54, 1.807) is 13.0 Å². The fourth-order valence-electron chi connectivity index (χ4n) is 2.08.